The number of nitrogens with zero attached hydrogens (tertiary/aromatic N) is 4. The van der Waals surface area contributed by atoms with Gasteiger partial charge in [-0.15, -0.1) is 0 Å². The highest BCUT2D eigenvalue weighted by molar-refractivity contribution is 5.73. The third kappa shape index (κ3) is 3.93. The van der Waals surface area contributed by atoms with Crippen molar-refractivity contribution in [2.45, 2.75) is 75.7 Å². The maximum Gasteiger partial charge on any atom is 0.165 e. The molecule has 0 amide bonds. The first-order valence-corrected chi connectivity index (χ1v) is 15.5. The summed E-state index contributed by atoms with van der Waals surface area (Å²) in [5.74, 6) is 1.19. The average molecular weight is 569 g/mol. The number of aliphatic hydroxyl groups is 1. The van der Waals surface area contributed by atoms with Crippen molar-refractivity contribution in [2.75, 3.05) is 27.7 Å². The normalized spacial score (nSPS) is 30.3. The zero-order valence-electron chi connectivity index (χ0n) is 25.8. The first-order chi connectivity index (χ1) is 20.1. The molecule has 2 bridgehead atoms. The minimum absolute atomic E-state index is 0.160. The summed E-state index contributed by atoms with van der Waals surface area (Å²) in [5.41, 5.74) is 10.5. The van der Waals surface area contributed by atoms with Crippen molar-refractivity contribution < 1.29 is 14.9 Å². The number of phenols is 1. The van der Waals surface area contributed by atoms with Crippen molar-refractivity contribution in [1.82, 2.24) is 19.6 Å². The Morgan fingerprint density at radius 1 is 1.05 bits per heavy atom. The third-order valence-corrected chi connectivity index (χ3v) is 11.1. The van der Waals surface area contributed by atoms with Gasteiger partial charge in [0.25, 0.3) is 0 Å². The molecule has 1 spiro atoms. The van der Waals surface area contributed by atoms with E-state index in [9.17, 15) is 10.2 Å². The van der Waals surface area contributed by atoms with Gasteiger partial charge in [0.1, 0.15) is 12.2 Å². The molecule has 3 heterocycles. The average Bonchev–Trinajstić information content (AvgIpc) is 3.46. The number of aryl methyl sites for hydroxylation is 2. The predicted octanol–water partition coefficient (Wildman–Crippen LogP) is 4.32. The van der Waals surface area contributed by atoms with Crippen molar-refractivity contribution in [3.8, 4) is 22.6 Å². The van der Waals surface area contributed by atoms with E-state index in [4.69, 9.17) is 4.74 Å². The first kappa shape index (κ1) is 27.7. The molecule has 2 aliphatic heterocycles. The molecule has 1 aromatic heterocycles. The molecule has 222 valence electrons. The van der Waals surface area contributed by atoms with Crippen LogP contribution in [0, 0.1) is 19.8 Å². The maximum atomic E-state index is 10.4. The summed E-state index contributed by atoms with van der Waals surface area (Å²) < 4.78 is 8.08. The number of piperidine rings is 1. The lowest BCUT2D eigenvalue weighted by molar-refractivity contribution is -0.0453. The van der Waals surface area contributed by atoms with E-state index in [2.05, 4.69) is 74.2 Å². The second-order valence-corrected chi connectivity index (χ2v) is 13.4. The zero-order valence-corrected chi connectivity index (χ0v) is 25.8. The zero-order chi connectivity index (χ0) is 29.5. The summed E-state index contributed by atoms with van der Waals surface area (Å²) in [7, 11) is 8.60. The lowest BCUT2D eigenvalue weighted by Crippen LogP contribution is -2.64. The second kappa shape index (κ2) is 9.97. The lowest BCUT2D eigenvalue weighted by atomic mass is 9.53. The number of hydrogen-bond acceptors (Lipinski definition) is 6. The fourth-order valence-corrected chi connectivity index (χ4v) is 8.86. The van der Waals surface area contributed by atoms with E-state index in [-0.39, 0.29) is 17.3 Å². The standard InChI is InChI=1S/C18H25N3.C17H19NO3/c1-12-18(13(2)21(5)19-12)17-8-6-7-14-11-15(20(3)4)9-10-16(14)17;1-18-7-6-17-10-3-5-13(20)16(17)21-15-12(19)4-2-9(14(15)17)8-11(10)18/h6-8,15H,9-11H2,1-5H3;2-5,10-11,13,16,19-20H,6-8H2,1H3/t15-;10-,11+,13-,16-,17-/m00/s1. The molecule has 6 atom stereocenters. The summed E-state index contributed by atoms with van der Waals surface area (Å²) in [5, 5.41) is 25.2. The van der Waals surface area contributed by atoms with Gasteiger partial charge in [-0.25, -0.2) is 0 Å². The van der Waals surface area contributed by atoms with Crippen LogP contribution in [0.2, 0.25) is 0 Å². The summed E-state index contributed by atoms with van der Waals surface area (Å²) in [4.78, 5) is 4.79. The van der Waals surface area contributed by atoms with Gasteiger partial charge in [0, 0.05) is 47.3 Å². The van der Waals surface area contributed by atoms with Crippen LogP contribution in [0.15, 0.2) is 42.5 Å². The van der Waals surface area contributed by atoms with Crippen LogP contribution >= 0.6 is 0 Å². The van der Waals surface area contributed by atoms with Crippen molar-refractivity contribution in [1.29, 1.82) is 0 Å². The highest BCUT2D eigenvalue weighted by Crippen LogP contribution is 2.62. The summed E-state index contributed by atoms with van der Waals surface area (Å²) in [6, 6.07) is 11.7. The lowest BCUT2D eigenvalue weighted by Gasteiger charge is -2.56. The Morgan fingerprint density at radius 3 is 2.60 bits per heavy atom. The number of benzene rings is 2. The SMILES string of the molecule is CN1CC[C@]23c4c5ccc(O)c4O[C@H]2[C@@H](O)C=C[C@H]3[C@H]1C5.Cc1nn(C)c(C)c1-c1cccc2c1CC[C@H](N(C)C)C2. The molecule has 0 saturated carbocycles. The van der Waals surface area contributed by atoms with E-state index in [0.717, 1.165) is 31.5 Å². The summed E-state index contributed by atoms with van der Waals surface area (Å²) in [6.45, 7) is 5.30. The fraction of sp³-hybridized carbons (Fsp3) is 0.514. The van der Waals surface area contributed by atoms with Crippen molar-refractivity contribution >= 4 is 0 Å². The van der Waals surface area contributed by atoms with Crippen LogP contribution in [0.4, 0.5) is 0 Å². The number of aromatic hydroxyl groups is 1. The Bertz CT molecular complexity index is 1570. The van der Waals surface area contributed by atoms with E-state index >= 15 is 0 Å². The second-order valence-electron chi connectivity index (χ2n) is 13.4. The van der Waals surface area contributed by atoms with Crippen molar-refractivity contribution in [3.63, 3.8) is 0 Å². The van der Waals surface area contributed by atoms with Gasteiger partial charge in [-0.3, -0.25) is 4.68 Å². The van der Waals surface area contributed by atoms with E-state index < -0.39 is 6.10 Å². The van der Waals surface area contributed by atoms with Crippen LogP contribution in [0.5, 0.6) is 11.5 Å². The highest BCUT2D eigenvalue weighted by atomic mass is 16.5. The first-order valence-electron chi connectivity index (χ1n) is 15.5. The van der Waals surface area contributed by atoms with Gasteiger partial charge < -0.3 is 24.7 Å². The van der Waals surface area contributed by atoms with Crippen LogP contribution < -0.4 is 4.74 Å². The molecule has 3 aliphatic carbocycles. The molecule has 42 heavy (non-hydrogen) atoms. The van der Waals surface area contributed by atoms with Gasteiger partial charge in [0.05, 0.1) is 5.69 Å². The molecule has 1 fully saturated rings. The molecule has 7 heteroatoms. The number of likely N-dealkylation sites (N-methyl/N-ethyl adjacent to an activating group) is 2. The van der Waals surface area contributed by atoms with Crippen molar-refractivity contribution in [3.05, 3.63) is 76.1 Å². The molecule has 2 aromatic carbocycles. The molecule has 5 aliphatic rings. The van der Waals surface area contributed by atoms with Crippen LogP contribution in [0.3, 0.4) is 0 Å². The Labute approximate surface area is 249 Å². The van der Waals surface area contributed by atoms with Crippen LogP contribution in [-0.4, -0.2) is 81.8 Å². The smallest absolute Gasteiger partial charge is 0.165 e. The van der Waals surface area contributed by atoms with Gasteiger partial charge in [-0.2, -0.15) is 5.10 Å². The molecule has 2 N–H and O–H groups in total. The number of ether oxygens (including phenoxy) is 1. The largest absolute Gasteiger partial charge is 0.504 e. The Morgan fingerprint density at radius 2 is 1.86 bits per heavy atom. The Balaban J connectivity index is 0.000000137. The molecule has 1 saturated heterocycles. The van der Waals surface area contributed by atoms with Gasteiger partial charge in [-0.1, -0.05) is 36.4 Å². The quantitative estimate of drug-likeness (QED) is 0.449. The van der Waals surface area contributed by atoms with Crippen LogP contribution in [0.1, 0.15) is 46.5 Å². The maximum absolute atomic E-state index is 10.4. The summed E-state index contributed by atoms with van der Waals surface area (Å²) >= 11 is 0. The van der Waals surface area contributed by atoms with E-state index in [0.29, 0.717) is 23.8 Å². The topological polar surface area (TPSA) is 74.0 Å². The van der Waals surface area contributed by atoms with E-state index in [1.54, 1.807) is 6.07 Å². The molecular formula is C35H44N4O3. The monoisotopic (exact) mass is 568 g/mol. The van der Waals surface area contributed by atoms with Gasteiger partial charge in [-0.05, 0) is 102 Å². The molecule has 0 unspecified atom stereocenters. The number of hydrogen-bond donors (Lipinski definition) is 2. The number of aromatic nitrogens is 2. The third-order valence-electron chi connectivity index (χ3n) is 11.1. The Kier molecular flexibility index (Phi) is 6.57. The Hall–Kier alpha value is -3.13. The molecule has 7 nitrogen and oxygen atoms in total. The number of likely N-dealkylation sites (tertiary alicyclic amines) is 1. The van der Waals surface area contributed by atoms with E-state index in [1.807, 2.05) is 23.9 Å². The van der Waals surface area contributed by atoms with Gasteiger partial charge in [0.2, 0.25) is 0 Å². The van der Waals surface area contributed by atoms with Gasteiger partial charge >= 0.3 is 0 Å². The number of phenolic OH excluding ortho intramolecular Hbond substituents is 1. The van der Waals surface area contributed by atoms with Crippen LogP contribution in [-0.2, 0) is 31.7 Å². The predicted molar refractivity (Wildman–Crippen MR) is 165 cm³/mol. The molecule has 0 radical (unpaired) electrons. The minimum atomic E-state index is -0.594. The minimum Gasteiger partial charge on any atom is -0.504 e. The summed E-state index contributed by atoms with van der Waals surface area (Å²) in [6.07, 6.45) is 8.75. The van der Waals surface area contributed by atoms with Crippen molar-refractivity contribution in [2.24, 2.45) is 13.0 Å². The molecular weight excluding hydrogens is 524 g/mol. The van der Waals surface area contributed by atoms with Crippen LogP contribution in [0.25, 0.3) is 11.1 Å². The molecule has 3 aromatic rings. The number of rotatable bonds is 2. The van der Waals surface area contributed by atoms with E-state index in [1.165, 1.54) is 51.9 Å². The highest BCUT2D eigenvalue weighted by Gasteiger charge is 2.64. The number of aliphatic hydroxyl groups excluding tert-OH is 1. The van der Waals surface area contributed by atoms with Gasteiger partial charge in [0.15, 0.2) is 11.5 Å². The fourth-order valence-electron chi connectivity index (χ4n) is 8.86. The number of fused-ring (bicyclic) bond motifs is 1. The molecule has 8 rings (SSSR count).